The van der Waals surface area contributed by atoms with E-state index in [9.17, 15) is 18.0 Å². The highest BCUT2D eigenvalue weighted by atomic mass is 19.4. The molecule has 33 heavy (non-hydrogen) atoms. The second kappa shape index (κ2) is 9.04. The topological polar surface area (TPSA) is 64.3 Å². The zero-order valence-corrected chi connectivity index (χ0v) is 17.0. The van der Waals surface area contributed by atoms with Gasteiger partial charge in [0, 0.05) is 23.4 Å². The van der Waals surface area contributed by atoms with Crippen LogP contribution in [0.1, 0.15) is 11.1 Å². The summed E-state index contributed by atoms with van der Waals surface area (Å²) in [4.78, 5) is 11.0. The zero-order valence-electron chi connectivity index (χ0n) is 17.0. The van der Waals surface area contributed by atoms with Crippen LogP contribution in [0.25, 0.3) is 23.0 Å². The van der Waals surface area contributed by atoms with Gasteiger partial charge in [-0.25, -0.2) is 9.48 Å². The monoisotopic (exact) mass is 450 g/mol. The normalized spacial score (nSPS) is 11.6. The Balaban J connectivity index is 1.70. The van der Waals surface area contributed by atoms with Gasteiger partial charge in [-0.1, -0.05) is 24.3 Å². The maximum absolute atomic E-state index is 13.1. The fourth-order valence-electron chi connectivity index (χ4n) is 3.16. The SMILES string of the molecule is O=C(O)/C=C/c1cn(-c2cccc(C(F)(F)F)c2)nc1-c1ccc(Oc2ccccc2)cc1. The maximum atomic E-state index is 13.1. The van der Waals surface area contributed by atoms with Crippen LogP contribution in [0, 0.1) is 0 Å². The number of nitrogens with zero attached hydrogens (tertiary/aromatic N) is 2. The second-order valence-corrected chi connectivity index (χ2v) is 7.04. The smallest absolute Gasteiger partial charge is 0.416 e. The quantitative estimate of drug-likeness (QED) is 0.343. The molecular weight excluding hydrogens is 433 g/mol. The Labute approximate surface area is 187 Å². The Kier molecular flexibility index (Phi) is 5.99. The number of hydrogen-bond acceptors (Lipinski definition) is 3. The highest BCUT2D eigenvalue weighted by Crippen LogP contribution is 2.32. The van der Waals surface area contributed by atoms with Crippen LogP contribution in [-0.4, -0.2) is 20.9 Å². The third kappa shape index (κ3) is 5.30. The van der Waals surface area contributed by atoms with E-state index in [4.69, 9.17) is 9.84 Å². The van der Waals surface area contributed by atoms with Crippen LogP contribution in [0.2, 0.25) is 0 Å². The van der Waals surface area contributed by atoms with Crippen molar-refractivity contribution in [2.24, 2.45) is 0 Å². The first kappa shape index (κ1) is 21.9. The summed E-state index contributed by atoms with van der Waals surface area (Å²) >= 11 is 0. The van der Waals surface area contributed by atoms with Crippen molar-refractivity contribution < 1.29 is 27.8 Å². The van der Waals surface area contributed by atoms with Gasteiger partial charge in [-0.05, 0) is 60.7 Å². The highest BCUT2D eigenvalue weighted by Gasteiger charge is 2.30. The van der Waals surface area contributed by atoms with E-state index in [0.29, 0.717) is 28.3 Å². The number of alkyl halides is 3. The molecule has 4 aromatic rings. The number of para-hydroxylation sites is 1. The summed E-state index contributed by atoms with van der Waals surface area (Å²) in [5.41, 5.74) is 0.890. The Bertz CT molecular complexity index is 1290. The zero-order chi connectivity index (χ0) is 23.4. The number of aliphatic carboxylic acids is 1. The van der Waals surface area contributed by atoms with Crippen molar-refractivity contribution in [3.05, 3.63) is 102 Å². The molecule has 3 aromatic carbocycles. The van der Waals surface area contributed by atoms with Gasteiger partial charge in [-0.15, -0.1) is 0 Å². The lowest BCUT2D eigenvalue weighted by atomic mass is 10.1. The van der Waals surface area contributed by atoms with E-state index in [2.05, 4.69) is 5.10 Å². The van der Waals surface area contributed by atoms with Crippen molar-refractivity contribution in [1.29, 1.82) is 0 Å². The van der Waals surface area contributed by atoms with E-state index in [1.54, 1.807) is 24.3 Å². The number of benzene rings is 3. The molecule has 0 amide bonds. The molecule has 0 unspecified atom stereocenters. The summed E-state index contributed by atoms with van der Waals surface area (Å²) in [6.07, 6.45) is -0.710. The molecular formula is C25H17F3N2O3. The molecule has 0 saturated heterocycles. The number of carboxylic acid groups (broad SMARTS) is 1. The van der Waals surface area contributed by atoms with Crippen LogP contribution in [0.4, 0.5) is 13.2 Å². The van der Waals surface area contributed by atoms with E-state index < -0.39 is 17.7 Å². The van der Waals surface area contributed by atoms with E-state index in [-0.39, 0.29) is 5.69 Å². The molecule has 8 heteroatoms. The summed E-state index contributed by atoms with van der Waals surface area (Å²) in [7, 11) is 0. The molecule has 0 saturated carbocycles. The van der Waals surface area contributed by atoms with E-state index >= 15 is 0 Å². The summed E-state index contributed by atoms with van der Waals surface area (Å²) < 4.78 is 46.4. The van der Waals surface area contributed by atoms with Gasteiger partial charge in [0.05, 0.1) is 16.9 Å². The Morgan fingerprint density at radius 3 is 2.30 bits per heavy atom. The summed E-state index contributed by atoms with van der Waals surface area (Å²) in [6.45, 7) is 0. The molecule has 0 fully saturated rings. The van der Waals surface area contributed by atoms with Crippen LogP contribution in [0.15, 0.2) is 91.1 Å². The molecule has 1 aromatic heterocycles. The van der Waals surface area contributed by atoms with Gasteiger partial charge in [0.15, 0.2) is 0 Å². The predicted octanol–water partition coefficient (Wildman–Crippen LogP) is 6.45. The minimum absolute atomic E-state index is 0.199. The first-order valence-corrected chi connectivity index (χ1v) is 9.81. The Morgan fingerprint density at radius 1 is 0.939 bits per heavy atom. The number of carboxylic acids is 1. The lowest BCUT2D eigenvalue weighted by Crippen LogP contribution is -2.06. The average Bonchev–Trinajstić information content (AvgIpc) is 3.23. The van der Waals surface area contributed by atoms with Gasteiger partial charge in [-0.3, -0.25) is 0 Å². The Morgan fingerprint density at radius 2 is 1.64 bits per heavy atom. The molecule has 1 N–H and O–H groups in total. The molecule has 0 spiro atoms. The molecule has 0 radical (unpaired) electrons. The molecule has 0 aliphatic carbocycles. The van der Waals surface area contributed by atoms with Crippen molar-refractivity contribution in [3.8, 4) is 28.4 Å². The molecule has 4 rings (SSSR count). The first-order chi connectivity index (χ1) is 15.8. The minimum atomic E-state index is -4.49. The fourth-order valence-corrected chi connectivity index (χ4v) is 3.16. The predicted molar refractivity (Wildman–Crippen MR) is 117 cm³/mol. The molecule has 166 valence electrons. The lowest BCUT2D eigenvalue weighted by molar-refractivity contribution is -0.137. The number of ether oxygens (including phenoxy) is 1. The second-order valence-electron chi connectivity index (χ2n) is 7.04. The van der Waals surface area contributed by atoms with Crippen LogP contribution >= 0.6 is 0 Å². The standard InChI is InChI=1S/C25H17F3N2O3/c26-25(27,28)19-5-4-6-20(15-19)30-16-18(11-14-23(31)32)24(29-30)17-9-12-22(13-10-17)33-21-7-2-1-3-8-21/h1-16H,(H,31,32)/b14-11+. The molecule has 0 aliphatic heterocycles. The number of aromatic nitrogens is 2. The molecule has 0 aliphatic rings. The van der Waals surface area contributed by atoms with E-state index in [1.165, 1.54) is 29.1 Å². The van der Waals surface area contributed by atoms with E-state index in [1.807, 2.05) is 30.3 Å². The van der Waals surface area contributed by atoms with Crippen molar-refractivity contribution in [2.75, 3.05) is 0 Å². The third-order valence-electron chi connectivity index (χ3n) is 4.69. The summed E-state index contributed by atoms with van der Waals surface area (Å²) in [5, 5.41) is 13.4. The van der Waals surface area contributed by atoms with Gasteiger partial charge in [0.2, 0.25) is 0 Å². The van der Waals surface area contributed by atoms with Gasteiger partial charge in [0.25, 0.3) is 0 Å². The number of halogens is 3. The molecule has 0 atom stereocenters. The van der Waals surface area contributed by atoms with Gasteiger partial charge in [0.1, 0.15) is 11.5 Å². The third-order valence-corrected chi connectivity index (χ3v) is 4.69. The lowest BCUT2D eigenvalue weighted by Gasteiger charge is -2.08. The summed E-state index contributed by atoms with van der Waals surface area (Å²) in [5.74, 6) is 0.105. The highest BCUT2D eigenvalue weighted by molar-refractivity contribution is 5.87. The largest absolute Gasteiger partial charge is 0.478 e. The Hall–Kier alpha value is -4.33. The maximum Gasteiger partial charge on any atom is 0.416 e. The number of hydrogen-bond donors (Lipinski definition) is 1. The average molecular weight is 450 g/mol. The summed E-state index contributed by atoms with van der Waals surface area (Å²) in [6, 6.07) is 20.9. The number of rotatable bonds is 6. The van der Waals surface area contributed by atoms with Crippen molar-refractivity contribution in [2.45, 2.75) is 6.18 Å². The van der Waals surface area contributed by atoms with E-state index in [0.717, 1.165) is 18.2 Å². The molecule has 0 bridgehead atoms. The molecule has 1 heterocycles. The van der Waals surface area contributed by atoms with Gasteiger partial charge < -0.3 is 9.84 Å². The number of carbonyl (C=O) groups is 1. The van der Waals surface area contributed by atoms with Crippen molar-refractivity contribution in [1.82, 2.24) is 9.78 Å². The van der Waals surface area contributed by atoms with Gasteiger partial charge >= 0.3 is 12.1 Å². The minimum Gasteiger partial charge on any atom is -0.478 e. The van der Waals surface area contributed by atoms with Crippen LogP contribution in [0.3, 0.4) is 0 Å². The van der Waals surface area contributed by atoms with Crippen molar-refractivity contribution in [3.63, 3.8) is 0 Å². The van der Waals surface area contributed by atoms with Crippen molar-refractivity contribution >= 4 is 12.0 Å². The van der Waals surface area contributed by atoms with Gasteiger partial charge in [-0.2, -0.15) is 18.3 Å². The van der Waals surface area contributed by atoms with Crippen LogP contribution in [0.5, 0.6) is 11.5 Å². The van der Waals surface area contributed by atoms with Crippen LogP contribution < -0.4 is 4.74 Å². The first-order valence-electron chi connectivity index (χ1n) is 9.81. The van der Waals surface area contributed by atoms with Crippen LogP contribution in [-0.2, 0) is 11.0 Å². The molecule has 5 nitrogen and oxygen atoms in total. The fraction of sp³-hybridized carbons (Fsp3) is 0.0400.